The van der Waals surface area contributed by atoms with Crippen LogP contribution in [-0.4, -0.2) is 24.2 Å². The first-order valence-corrected chi connectivity index (χ1v) is 5.15. The topological polar surface area (TPSA) is 49.3 Å². The largest absolute Gasteiger partial charge is 0.396 e. The molecule has 1 amide bonds. The summed E-state index contributed by atoms with van der Waals surface area (Å²) in [6.07, 6.45) is 1.57. The van der Waals surface area contributed by atoms with E-state index in [9.17, 15) is 4.79 Å². The number of hydrogen-bond donors (Lipinski definition) is 2. The van der Waals surface area contributed by atoms with E-state index in [1.54, 1.807) is 6.07 Å². The van der Waals surface area contributed by atoms with Gasteiger partial charge in [0.2, 0.25) is 0 Å². The van der Waals surface area contributed by atoms with Gasteiger partial charge in [-0.1, -0.05) is 6.07 Å². The zero-order valence-electron chi connectivity index (χ0n) is 7.32. The van der Waals surface area contributed by atoms with Gasteiger partial charge in [-0.2, -0.15) is 0 Å². The van der Waals surface area contributed by atoms with Crippen LogP contribution in [0.3, 0.4) is 0 Å². The van der Waals surface area contributed by atoms with Gasteiger partial charge in [0.05, 0.1) is 4.88 Å². The summed E-state index contributed by atoms with van der Waals surface area (Å²) in [6.45, 7) is 0.826. The van der Waals surface area contributed by atoms with Gasteiger partial charge < -0.3 is 10.4 Å². The van der Waals surface area contributed by atoms with Gasteiger partial charge in [-0.3, -0.25) is 4.79 Å². The van der Waals surface area contributed by atoms with Gasteiger partial charge in [-0.25, -0.2) is 0 Å². The van der Waals surface area contributed by atoms with E-state index in [1.807, 2.05) is 11.4 Å². The second-order valence-corrected chi connectivity index (χ2v) is 3.61. The Morgan fingerprint density at radius 2 is 2.38 bits per heavy atom. The number of amides is 1. The molecule has 0 saturated carbocycles. The summed E-state index contributed by atoms with van der Waals surface area (Å²) in [5.74, 6) is -0.0204. The third kappa shape index (κ3) is 3.57. The van der Waals surface area contributed by atoms with Crippen LogP contribution in [0, 0.1) is 0 Å². The van der Waals surface area contributed by atoms with Gasteiger partial charge in [0.1, 0.15) is 0 Å². The summed E-state index contributed by atoms with van der Waals surface area (Å²) >= 11 is 1.43. The lowest BCUT2D eigenvalue weighted by molar-refractivity contribution is 0.0956. The normalized spacial score (nSPS) is 9.92. The zero-order chi connectivity index (χ0) is 9.52. The maximum atomic E-state index is 11.3. The molecule has 1 aromatic rings. The molecule has 0 aliphatic carbocycles. The highest BCUT2D eigenvalue weighted by atomic mass is 32.1. The smallest absolute Gasteiger partial charge is 0.261 e. The van der Waals surface area contributed by atoms with Crippen molar-refractivity contribution in [1.29, 1.82) is 0 Å². The fraction of sp³-hybridized carbons (Fsp3) is 0.444. The Labute approximate surface area is 81.4 Å². The van der Waals surface area contributed by atoms with Crippen molar-refractivity contribution in [3.05, 3.63) is 22.4 Å². The molecule has 3 nitrogen and oxygen atoms in total. The minimum Gasteiger partial charge on any atom is -0.396 e. The van der Waals surface area contributed by atoms with E-state index >= 15 is 0 Å². The number of aliphatic hydroxyl groups is 1. The van der Waals surface area contributed by atoms with Crippen molar-refractivity contribution < 1.29 is 9.90 Å². The van der Waals surface area contributed by atoms with Crippen LogP contribution in [0.25, 0.3) is 0 Å². The third-order valence-electron chi connectivity index (χ3n) is 1.62. The number of thiophene rings is 1. The van der Waals surface area contributed by atoms with Crippen molar-refractivity contribution >= 4 is 17.2 Å². The molecule has 1 rings (SSSR count). The molecular formula is C9H13NO2S. The van der Waals surface area contributed by atoms with Crippen LogP contribution in [0.2, 0.25) is 0 Å². The minimum atomic E-state index is -0.0204. The summed E-state index contributed by atoms with van der Waals surface area (Å²) in [4.78, 5) is 12.0. The molecule has 1 heterocycles. The molecule has 0 fully saturated rings. The van der Waals surface area contributed by atoms with Gasteiger partial charge in [-0.05, 0) is 24.3 Å². The number of nitrogens with one attached hydrogen (secondary N) is 1. The van der Waals surface area contributed by atoms with Crippen LogP contribution in [0.5, 0.6) is 0 Å². The maximum Gasteiger partial charge on any atom is 0.261 e. The van der Waals surface area contributed by atoms with Crippen molar-refractivity contribution in [3.63, 3.8) is 0 Å². The van der Waals surface area contributed by atoms with Crippen LogP contribution in [0.4, 0.5) is 0 Å². The van der Waals surface area contributed by atoms with E-state index in [0.29, 0.717) is 6.54 Å². The lowest BCUT2D eigenvalue weighted by Crippen LogP contribution is -2.23. The van der Waals surface area contributed by atoms with Crippen LogP contribution in [0.1, 0.15) is 22.5 Å². The molecule has 4 heteroatoms. The Balaban J connectivity index is 2.19. The lowest BCUT2D eigenvalue weighted by Gasteiger charge is -2.01. The predicted molar refractivity (Wildman–Crippen MR) is 53.0 cm³/mol. The Bertz CT molecular complexity index is 246. The van der Waals surface area contributed by atoms with E-state index < -0.39 is 0 Å². The molecule has 0 spiro atoms. The highest BCUT2D eigenvalue weighted by Crippen LogP contribution is 2.07. The van der Waals surface area contributed by atoms with Crippen LogP contribution in [-0.2, 0) is 0 Å². The summed E-state index contributed by atoms with van der Waals surface area (Å²) in [6, 6.07) is 3.65. The first-order chi connectivity index (χ1) is 6.34. The number of rotatable bonds is 5. The standard InChI is InChI=1S/C9H13NO2S/c11-6-2-1-5-10-9(12)8-4-3-7-13-8/h3-4,7,11H,1-2,5-6H2,(H,10,12). The predicted octanol–water partition coefficient (Wildman–Crippen LogP) is 1.25. The van der Waals surface area contributed by atoms with E-state index in [-0.39, 0.29) is 12.5 Å². The molecule has 0 unspecified atom stereocenters. The number of hydrogen-bond acceptors (Lipinski definition) is 3. The molecule has 0 aromatic carbocycles. The minimum absolute atomic E-state index is 0.0204. The molecule has 0 radical (unpaired) electrons. The summed E-state index contributed by atoms with van der Waals surface area (Å²) < 4.78 is 0. The molecule has 0 aliphatic rings. The first kappa shape index (κ1) is 10.2. The Hall–Kier alpha value is -0.870. The monoisotopic (exact) mass is 199 g/mol. The van der Waals surface area contributed by atoms with Crippen LogP contribution in [0.15, 0.2) is 17.5 Å². The molecule has 0 bridgehead atoms. The first-order valence-electron chi connectivity index (χ1n) is 4.27. The van der Waals surface area contributed by atoms with Crippen molar-refractivity contribution in [2.75, 3.05) is 13.2 Å². The summed E-state index contributed by atoms with van der Waals surface area (Å²) in [5, 5.41) is 13.2. The fourth-order valence-electron chi connectivity index (χ4n) is 0.934. The van der Waals surface area contributed by atoms with E-state index in [0.717, 1.165) is 17.7 Å². The van der Waals surface area contributed by atoms with Crippen molar-refractivity contribution in [2.24, 2.45) is 0 Å². The Morgan fingerprint density at radius 1 is 1.54 bits per heavy atom. The highest BCUT2D eigenvalue weighted by molar-refractivity contribution is 7.12. The Morgan fingerprint density at radius 3 is 3.00 bits per heavy atom. The quantitative estimate of drug-likeness (QED) is 0.701. The van der Waals surface area contributed by atoms with E-state index in [4.69, 9.17) is 5.11 Å². The van der Waals surface area contributed by atoms with E-state index in [1.165, 1.54) is 11.3 Å². The molecule has 0 atom stereocenters. The van der Waals surface area contributed by atoms with Gasteiger partial charge in [0.15, 0.2) is 0 Å². The maximum absolute atomic E-state index is 11.3. The van der Waals surface area contributed by atoms with Crippen LogP contribution < -0.4 is 5.32 Å². The molecule has 0 saturated heterocycles. The molecule has 1 aromatic heterocycles. The molecule has 0 aliphatic heterocycles. The third-order valence-corrected chi connectivity index (χ3v) is 2.48. The average Bonchev–Trinajstić information content (AvgIpc) is 2.65. The molecule has 72 valence electrons. The van der Waals surface area contributed by atoms with Gasteiger partial charge in [-0.15, -0.1) is 11.3 Å². The molecule has 2 N–H and O–H groups in total. The second-order valence-electron chi connectivity index (χ2n) is 2.66. The number of carbonyl (C=O) groups is 1. The number of unbranched alkanes of at least 4 members (excludes halogenated alkanes) is 1. The van der Waals surface area contributed by atoms with Crippen molar-refractivity contribution in [1.82, 2.24) is 5.32 Å². The van der Waals surface area contributed by atoms with Crippen LogP contribution >= 0.6 is 11.3 Å². The summed E-state index contributed by atoms with van der Waals surface area (Å²) in [7, 11) is 0. The second kappa shape index (κ2) is 5.72. The van der Waals surface area contributed by atoms with E-state index in [2.05, 4.69) is 5.32 Å². The molecular weight excluding hydrogens is 186 g/mol. The zero-order valence-corrected chi connectivity index (χ0v) is 8.14. The number of carbonyl (C=O) groups excluding carboxylic acids is 1. The summed E-state index contributed by atoms with van der Waals surface area (Å²) in [5.41, 5.74) is 0. The number of aliphatic hydroxyl groups excluding tert-OH is 1. The van der Waals surface area contributed by atoms with Gasteiger partial charge >= 0.3 is 0 Å². The lowest BCUT2D eigenvalue weighted by atomic mass is 10.3. The SMILES string of the molecule is O=C(NCCCCO)c1cccs1. The van der Waals surface area contributed by atoms with Gasteiger partial charge in [0.25, 0.3) is 5.91 Å². The van der Waals surface area contributed by atoms with Gasteiger partial charge in [0, 0.05) is 13.2 Å². The average molecular weight is 199 g/mol. The molecule has 13 heavy (non-hydrogen) atoms. The van der Waals surface area contributed by atoms with Crippen molar-refractivity contribution in [3.8, 4) is 0 Å². The van der Waals surface area contributed by atoms with Crippen molar-refractivity contribution in [2.45, 2.75) is 12.8 Å². The Kier molecular flexibility index (Phi) is 4.49. The highest BCUT2D eigenvalue weighted by Gasteiger charge is 2.03. The fourth-order valence-corrected chi connectivity index (χ4v) is 1.57.